The lowest BCUT2D eigenvalue weighted by molar-refractivity contribution is 0.0591. The number of imidazole rings is 1. The van der Waals surface area contributed by atoms with Crippen molar-refractivity contribution in [3.05, 3.63) is 35.9 Å². The van der Waals surface area contributed by atoms with Crippen molar-refractivity contribution >= 4 is 11.5 Å². The van der Waals surface area contributed by atoms with E-state index in [9.17, 15) is 4.79 Å². The monoisotopic (exact) mass is 258 g/mol. The lowest BCUT2D eigenvalue weighted by Crippen LogP contribution is -2.14. The molecule has 19 heavy (non-hydrogen) atoms. The van der Waals surface area contributed by atoms with Gasteiger partial charge in [0.2, 0.25) is 0 Å². The maximum atomic E-state index is 11.9. The van der Waals surface area contributed by atoms with Crippen molar-refractivity contribution < 1.29 is 9.53 Å². The van der Waals surface area contributed by atoms with Gasteiger partial charge in [0, 0.05) is 5.92 Å². The van der Waals surface area contributed by atoms with Crippen LogP contribution in [-0.2, 0) is 4.74 Å². The summed E-state index contributed by atoms with van der Waals surface area (Å²) in [5.74, 6) is 1.17. The van der Waals surface area contributed by atoms with Crippen molar-refractivity contribution in [3.8, 4) is 0 Å². The summed E-state index contributed by atoms with van der Waals surface area (Å²) in [7, 11) is 1.42. The molecule has 1 aliphatic rings. The molecule has 4 nitrogen and oxygen atoms in total. The maximum Gasteiger partial charge on any atom is 0.355 e. The van der Waals surface area contributed by atoms with Gasteiger partial charge in [-0.2, -0.15) is 0 Å². The quantitative estimate of drug-likeness (QED) is 0.777. The molecule has 0 radical (unpaired) electrons. The van der Waals surface area contributed by atoms with Crippen molar-refractivity contribution in [1.82, 2.24) is 9.38 Å². The standard InChI is InChI=1S/C15H18N2O2/c1-19-15(18)13-9-5-8-12-10-16-14(17(12)13)11-6-3-2-4-7-11/h5,8-11H,2-4,6-7H2,1H3. The molecule has 4 heteroatoms. The largest absolute Gasteiger partial charge is 0.464 e. The molecule has 0 amide bonds. The van der Waals surface area contributed by atoms with E-state index in [0.29, 0.717) is 11.6 Å². The van der Waals surface area contributed by atoms with E-state index in [0.717, 1.165) is 24.2 Å². The minimum atomic E-state index is -0.305. The topological polar surface area (TPSA) is 43.6 Å². The molecule has 0 spiro atoms. The number of methoxy groups -OCH3 is 1. The van der Waals surface area contributed by atoms with Gasteiger partial charge in [0.05, 0.1) is 18.8 Å². The Kier molecular flexibility index (Phi) is 3.23. The summed E-state index contributed by atoms with van der Waals surface area (Å²) in [4.78, 5) is 16.4. The molecule has 0 bridgehead atoms. The third kappa shape index (κ3) is 2.11. The van der Waals surface area contributed by atoms with Gasteiger partial charge in [-0.3, -0.25) is 4.40 Å². The highest BCUT2D eigenvalue weighted by Gasteiger charge is 2.22. The van der Waals surface area contributed by atoms with E-state index < -0.39 is 0 Å². The zero-order valence-corrected chi connectivity index (χ0v) is 11.1. The summed E-state index contributed by atoms with van der Waals surface area (Å²) in [5, 5.41) is 0. The summed E-state index contributed by atoms with van der Waals surface area (Å²) in [6.45, 7) is 0. The Morgan fingerprint density at radius 3 is 2.84 bits per heavy atom. The number of pyridine rings is 1. The summed E-state index contributed by atoms with van der Waals surface area (Å²) >= 11 is 0. The molecule has 2 aromatic heterocycles. The SMILES string of the molecule is COC(=O)c1cccc2cnc(C3CCCCC3)n12. The van der Waals surface area contributed by atoms with Gasteiger partial charge in [0.15, 0.2) is 0 Å². The van der Waals surface area contributed by atoms with Gasteiger partial charge in [-0.15, -0.1) is 0 Å². The van der Waals surface area contributed by atoms with E-state index in [1.165, 1.54) is 26.4 Å². The minimum absolute atomic E-state index is 0.305. The Labute approximate surface area is 112 Å². The maximum absolute atomic E-state index is 11.9. The second-order valence-electron chi connectivity index (χ2n) is 5.11. The number of carbonyl (C=O) groups is 1. The first-order valence-electron chi connectivity index (χ1n) is 6.86. The van der Waals surface area contributed by atoms with E-state index in [2.05, 4.69) is 4.98 Å². The van der Waals surface area contributed by atoms with Crippen LogP contribution in [0.15, 0.2) is 24.4 Å². The Hall–Kier alpha value is -1.84. The molecular weight excluding hydrogens is 240 g/mol. The van der Waals surface area contributed by atoms with Crippen LogP contribution in [0.4, 0.5) is 0 Å². The summed E-state index contributed by atoms with van der Waals surface area (Å²) < 4.78 is 6.83. The van der Waals surface area contributed by atoms with Crippen LogP contribution in [0, 0.1) is 0 Å². The zero-order chi connectivity index (χ0) is 13.2. The number of fused-ring (bicyclic) bond motifs is 1. The number of ether oxygens (including phenoxy) is 1. The van der Waals surface area contributed by atoms with Crippen molar-refractivity contribution in [2.75, 3.05) is 7.11 Å². The van der Waals surface area contributed by atoms with Crippen LogP contribution in [0.1, 0.15) is 54.3 Å². The highest BCUT2D eigenvalue weighted by Crippen LogP contribution is 2.32. The minimum Gasteiger partial charge on any atom is -0.464 e. The predicted octanol–water partition coefficient (Wildman–Crippen LogP) is 3.17. The number of hydrogen-bond donors (Lipinski definition) is 0. The average molecular weight is 258 g/mol. The van der Waals surface area contributed by atoms with Gasteiger partial charge in [-0.25, -0.2) is 9.78 Å². The van der Waals surface area contributed by atoms with Crippen LogP contribution in [0.25, 0.3) is 5.52 Å². The number of esters is 1. The van der Waals surface area contributed by atoms with Gasteiger partial charge >= 0.3 is 5.97 Å². The fourth-order valence-corrected chi connectivity index (χ4v) is 2.99. The van der Waals surface area contributed by atoms with Crippen molar-refractivity contribution in [2.24, 2.45) is 0 Å². The molecule has 0 atom stereocenters. The fraction of sp³-hybridized carbons (Fsp3) is 0.467. The number of hydrogen-bond acceptors (Lipinski definition) is 3. The van der Waals surface area contributed by atoms with E-state index >= 15 is 0 Å². The fourth-order valence-electron chi connectivity index (χ4n) is 2.99. The number of carbonyl (C=O) groups excluding carboxylic acids is 1. The van der Waals surface area contributed by atoms with Crippen LogP contribution in [0.2, 0.25) is 0 Å². The molecule has 2 aromatic rings. The number of rotatable bonds is 2. The predicted molar refractivity (Wildman–Crippen MR) is 72.4 cm³/mol. The second-order valence-corrected chi connectivity index (χ2v) is 5.11. The van der Waals surface area contributed by atoms with E-state index in [1.54, 1.807) is 6.07 Å². The Balaban J connectivity index is 2.11. The first-order chi connectivity index (χ1) is 9.31. The molecule has 0 N–H and O–H groups in total. The number of aromatic nitrogens is 2. The normalized spacial score (nSPS) is 16.7. The molecule has 2 heterocycles. The molecular formula is C15H18N2O2. The first kappa shape index (κ1) is 12.2. The smallest absolute Gasteiger partial charge is 0.355 e. The van der Waals surface area contributed by atoms with Crippen LogP contribution >= 0.6 is 0 Å². The average Bonchev–Trinajstić information content (AvgIpc) is 2.91. The second kappa shape index (κ2) is 5.03. The van der Waals surface area contributed by atoms with Crippen molar-refractivity contribution in [3.63, 3.8) is 0 Å². The van der Waals surface area contributed by atoms with Gasteiger partial charge in [0.1, 0.15) is 11.5 Å². The van der Waals surface area contributed by atoms with Crippen LogP contribution < -0.4 is 0 Å². The Bertz CT molecular complexity index is 597. The lowest BCUT2D eigenvalue weighted by Gasteiger charge is -2.21. The van der Waals surface area contributed by atoms with Crippen molar-refractivity contribution in [1.29, 1.82) is 0 Å². The van der Waals surface area contributed by atoms with E-state index in [1.807, 2.05) is 22.7 Å². The summed E-state index contributed by atoms with van der Waals surface area (Å²) in [5.41, 5.74) is 1.53. The first-order valence-corrected chi connectivity index (χ1v) is 6.86. The van der Waals surface area contributed by atoms with Gasteiger partial charge < -0.3 is 4.74 Å². The van der Waals surface area contributed by atoms with Gasteiger partial charge in [-0.1, -0.05) is 25.3 Å². The summed E-state index contributed by atoms with van der Waals surface area (Å²) in [6.07, 6.45) is 7.98. The lowest BCUT2D eigenvalue weighted by atomic mass is 9.88. The summed E-state index contributed by atoms with van der Waals surface area (Å²) in [6, 6.07) is 5.65. The third-order valence-corrected chi connectivity index (χ3v) is 3.94. The molecule has 1 aliphatic carbocycles. The van der Waals surface area contributed by atoms with Crippen LogP contribution in [0.5, 0.6) is 0 Å². The molecule has 1 fully saturated rings. The van der Waals surface area contributed by atoms with E-state index in [4.69, 9.17) is 4.74 Å². The molecule has 0 aromatic carbocycles. The van der Waals surface area contributed by atoms with E-state index in [-0.39, 0.29) is 5.97 Å². The van der Waals surface area contributed by atoms with Gasteiger partial charge in [0.25, 0.3) is 0 Å². The highest BCUT2D eigenvalue weighted by molar-refractivity contribution is 5.88. The Morgan fingerprint density at radius 2 is 2.11 bits per heavy atom. The Morgan fingerprint density at radius 1 is 1.32 bits per heavy atom. The third-order valence-electron chi connectivity index (χ3n) is 3.94. The zero-order valence-electron chi connectivity index (χ0n) is 11.1. The number of nitrogens with zero attached hydrogens (tertiary/aromatic N) is 2. The van der Waals surface area contributed by atoms with Crippen molar-refractivity contribution in [2.45, 2.75) is 38.0 Å². The molecule has 0 aliphatic heterocycles. The van der Waals surface area contributed by atoms with Crippen LogP contribution in [-0.4, -0.2) is 22.5 Å². The molecule has 100 valence electrons. The molecule has 0 unspecified atom stereocenters. The highest BCUT2D eigenvalue weighted by atomic mass is 16.5. The van der Waals surface area contributed by atoms with Crippen LogP contribution in [0.3, 0.4) is 0 Å². The molecule has 1 saturated carbocycles. The van der Waals surface area contributed by atoms with Gasteiger partial charge in [-0.05, 0) is 25.0 Å². The molecule has 3 rings (SSSR count). The molecule has 0 saturated heterocycles.